The molecular weight excluding hydrogens is 421 g/mol. The lowest BCUT2D eigenvalue weighted by Gasteiger charge is -2.07. The number of hydrogen-bond donors (Lipinski definition) is 1. The lowest BCUT2D eigenvalue weighted by Crippen LogP contribution is -2.11. The highest BCUT2D eigenvalue weighted by Crippen LogP contribution is 2.30. The number of amides is 1. The van der Waals surface area contributed by atoms with Crippen molar-refractivity contribution in [2.24, 2.45) is 0 Å². The van der Waals surface area contributed by atoms with Crippen molar-refractivity contribution in [2.75, 3.05) is 11.9 Å². The predicted octanol–water partition coefficient (Wildman–Crippen LogP) is 5.48. The minimum absolute atomic E-state index is 0.187. The van der Waals surface area contributed by atoms with E-state index in [9.17, 15) is 18.0 Å². The smallest absolute Gasteiger partial charge is 0.416 e. The minimum atomic E-state index is -4.46. The summed E-state index contributed by atoms with van der Waals surface area (Å²) in [5, 5.41) is 11.3. The molecule has 1 N–H and O–H groups in total. The number of nitrogens with zero attached hydrogens (tertiary/aromatic N) is 3. The van der Waals surface area contributed by atoms with Gasteiger partial charge in [-0.05, 0) is 67.1 Å². The second-order valence-corrected chi connectivity index (χ2v) is 7.07. The van der Waals surface area contributed by atoms with E-state index in [1.54, 1.807) is 42.5 Å². The molecule has 0 radical (unpaired) electrons. The molecule has 9 heteroatoms. The molecule has 0 saturated heterocycles. The third-order valence-corrected chi connectivity index (χ3v) is 4.63. The Morgan fingerprint density at radius 1 is 1.00 bits per heavy atom. The van der Waals surface area contributed by atoms with Crippen molar-refractivity contribution in [2.45, 2.75) is 19.5 Å². The van der Waals surface area contributed by atoms with Gasteiger partial charge in [-0.25, -0.2) is 0 Å². The zero-order valence-corrected chi connectivity index (χ0v) is 17.1. The van der Waals surface area contributed by atoms with Crippen LogP contribution in [0.25, 0.3) is 16.7 Å². The van der Waals surface area contributed by atoms with Crippen molar-refractivity contribution in [3.63, 3.8) is 0 Å². The second kappa shape index (κ2) is 8.70. The molecule has 1 heterocycles. The number of halogens is 3. The molecule has 0 spiro atoms. The SMILES string of the molecule is CCCOc1ccc(C(=O)Nc2ccc3nn(-c4cccc(C(F)(F)F)c4)nc3c2)cc1. The van der Waals surface area contributed by atoms with Crippen LogP contribution in [0.2, 0.25) is 0 Å². The minimum Gasteiger partial charge on any atom is -0.494 e. The van der Waals surface area contributed by atoms with Crippen molar-refractivity contribution in [1.29, 1.82) is 0 Å². The average molecular weight is 440 g/mol. The first-order valence-corrected chi connectivity index (χ1v) is 9.92. The first-order valence-electron chi connectivity index (χ1n) is 9.92. The highest BCUT2D eigenvalue weighted by molar-refractivity contribution is 6.05. The van der Waals surface area contributed by atoms with Gasteiger partial charge in [0.25, 0.3) is 5.91 Å². The van der Waals surface area contributed by atoms with Crippen LogP contribution in [0.15, 0.2) is 66.7 Å². The molecule has 6 nitrogen and oxygen atoms in total. The van der Waals surface area contributed by atoms with Gasteiger partial charge in [0.15, 0.2) is 0 Å². The Labute approximate surface area is 181 Å². The van der Waals surface area contributed by atoms with Gasteiger partial charge in [0.2, 0.25) is 0 Å². The number of carbonyl (C=O) groups is 1. The van der Waals surface area contributed by atoms with Crippen LogP contribution in [-0.4, -0.2) is 27.5 Å². The van der Waals surface area contributed by atoms with Crippen LogP contribution in [0.5, 0.6) is 5.75 Å². The number of carbonyl (C=O) groups excluding carboxylic acids is 1. The molecular formula is C23H19F3N4O2. The molecule has 4 aromatic rings. The molecule has 1 aromatic heterocycles. The van der Waals surface area contributed by atoms with Crippen molar-refractivity contribution in [3.05, 3.63) is 77.9 Å². The Morgan fingerprint density at radius 2 is 1.75 bits per heavy atom. The van der Waals surface area contributed by atoms with Gasteiger partial charge in [-0.15, -0.1) is 10.2 Å². The highest BCUT2D eigenvalue weighted by atomic mass is 19.4. The zero-order chi connectivity index (χ0) is 22.7. The van der Waals surface area contributed by atoms with Gasteiger partial charge >= 0.3 is 6.18 Å². The average Bonchev–Trinajstić information content (AvgIpc) is 3.21. The Bertz CT molecular complexity index is 1250. The summed E-state index contributed by atoms with van der Waals surface area (Å²) in [6.45, 7) is 2.61. The Morgan fingerprint density at radius 3 is 2.47 bits per heavy atom. The summed E-state index contributed by atoms with van der Waals surface area (Å²) in [5.41, 5.74) is 1.27. The molecule has 0 saturated carbocycles. The fourth-order valence-corrected chi connectivity index (χ4v) is 3.04. The van der Waals surface area contributed by atoms with Crippen molar-refractivity contribution in [1.82, 2.24) is 15.0 Å². The van der Waals surface area contributed by atoms with Crippen LogP contribution >= 0.6 is 0 Å². The van der Waals surface area contributed by atoms with E-state index in [1.807, 2.05) is 6.92 Å². The Balaban J connectivity index is 1.53. The maximum Gasteiger partial charge on any atom is 0.416 e. The van der Waals surface area contributed by atoms with Gasteiger partial charge in [0, 0.05) is 11.3 Å². The van der Waals surface area contributed by atoms with E-state index < -0.39 is 11.7 Å². The summed E-state index contributed by atoms with van der Waals surface area (Å²) < 4.78 is 44.5. The van der Waals surface area contributed by atoms with Gasteiger partial charge in [0.1, 0.15) is 16.8 Å². The van der Waals surface area contributed by atoms with E-state index in [0.717, 1.165) is 23.4 Å². The van der Waals surface area contributed by atoms with Gasteiger partial charge in [-0.2, -0.15) is 18.0 Å². The first kappa shape index (κ1) is 21.4. The van der Waals surface area contributed by atoms with Crippen LogP contribution in [0.4, 0.5) is 18.9 Å². The van der Waals surface area contributed by atoms with Crippen molar-refractivity contribution >= 4 is 22.6 Å². The van der Waals surface area contributed by atoms with E-state index >= 15 is 0 Å². The van der Waals surface area contributed by atoms with Gasteiger partial charge in [-0.1, -0.05) is 13.0 Å². The molecule has 0 bridgehead atoms. The number of alkyl halides is 3. The largest absolute Gasteiger partial charge is 0.494 e. The Kier molecular flexibility index (Phi) is 5.81. The summed E-state index contributed by atoms with van der Waals surface area (Å²) in [4.78, 5) is 13.7. The molecule has 3 aromatic carbocycles. The molecule has 1 amide bonds. The maximum absolute atomic E-state index is 13.0. The van der Waals surface area contributed by atoms with Crippen LogP contribution < -0.4 is 10.1 Å². The van der Waals surface area contributed by atoms with Gasteiger partial charge < -0.3 is 10.1 Å². The molecule has 0 aliphatic carbocycles. The van der Waals surface area contributed by atoms with E-state index in [1.165, 1.54) is 12.1 Å². The van der Waals surface area contributed by atoms with Crippen LogP contribution in [0.1, 0.15) is 29.3 Å². The number of aromatic nitrogens is 3. The van der Waals surface area contributed by atoms with Gasteiger partial charge in [0.05, 0.1) is 17.9 Å². The Hall–Kier alpha value is -3.88. The number of benzene rings is 3. The normalized spacial score (nSPS) is 11.5. The standard InChI is InChI=1S/C23H19F3N4O2/c1-2-12-32-19-9-6-15(7-10-19)22(31)27-17-8-11-20-21(14-17)29-30(28-20)18-5-3-4-16(13-18)23(24,25)26/h3-11,13-14H,2,12H2,1H3,(H,27,31). The monoisotopic (exact) mass is 440 g/mol. The summed E-state index contributed by atoms with van der Waals surface area (Å²) >= 11 is 0. The molecule has 32 heavy (non-hydrogen) atoms. The summed E-state index contributed by atoms with van der Waals surface area (Å²) in [6.07, 6.45) is -3.57. The van der Waals surface area contributed by atoms with Crippen molar-refractivity contribution < 1.29 is 22.7 Å². The molecule has 0 aliphatic rings. The van der Waals surface area contributed by atoms with Crippen LogP contribution in [-0.2, 0) is 6.18 Å². The van der Waals surface area contributed by atoms with E-state index in [0.29, 0.717) is 34.6 Å². The lowest BCUT2D eigenvalue weighted by molar-refractivity contribution is -0.137. The first-order chi connectivity index (χ1) is 15.3. The van der Waals surface area contributed by atoms with Crippen LogP contribution in [0.3, 0.4) is 0 Å². The number of anilines is 1. The fourth-order valence-electron chi connectivity index (χ4n) is 3.04. The molecule has 0 aliphatic heterocycles. The lowest BCUT2D eigenvalue weighted by atomic mass is 10.2. The number of nitrogens with one attached hydrogen (secondary N) is 1. The predicted molar refractivity (Wildman–Crippen MR) is 114 cm³/mol. The van der Waals surface area contributed by atoms with Crippen molar-refractivity contribution in [3.8, 4) is 11.4 Å². The molecule has 164 valence electrons. The highest BCUT2D eigenvalue weighted by Gasteiger charge is 2.30. The van der Waals surface area contributed by atoms with Gasteiger partial charge in [-0.3, -0.25) is 4.79 Å². The maximum atomic E-state index is 13.0. The topological polar surface area (TPSA) is 69.0 Å². The molecule has 0 fully saturated rings. The van der Waals surface area contributed by atoms with E-state index in [-0.39, 0.29) is 11.6 Å². The number of ether oxygens (including phenoxy) is 1. The third kappa shape index (κ3) is 4.72. The summed E-state index contributed by atoms with van der Waals surface area (Å²) in [6, 6.07) is 16.5. The quantitative estimate of drug-likeness (QED) is 0.431. The summed E-state index contributed by atoms with van der Waals surface area (Å²) in [7, 11) is 0. The number of hydrogen-bond acceptors (Lipinski definition) is 4. The number of rotatable bonds is 6. The molecule has 0 unspecified atom stereocenters. The summed E-state index contributed by atoms with van der Waals surface area (Å²) in [5.74, 6) is 0.382. The number of fused-ring (bicyclic) bond motifs is 1. The van der Waals surface area contributed by atoms with Crippen LogP contribution in [0, 0.1) is 0 Å². The zero-order valence-electron chi connectivity index (χ0n) is 17.1. The molecule has 0 atom stereocenters. The third-order valence-electron chi connectivity index (χ3n) is 4.63. The van der Waals surface area contributed by atoms with E-state index in [4.69, 9.17) is 4.74 Å². The molecule has 4 rings (SSSR count). The van der Waals surface area contributed by atoms with E-state index in [2.05, 4.69) is 15.5 Å². The second-order valence-electron chi connectivity index (χ2n) is 7.07. The fraction of sp³-hybridized carbons (Fsp3) is 0.174.